The zero-order valence-electron chi connectivity index (χ0n) is 13.4. The van der Waals surface area contributed by atoms with E-state index in [1.165, 1.54) is 19.3 Å². The highest BCUT2D eigenvalue weighted by atomic mass is 79.9. The lowest BCUT2D eigenvalue weighted by Gasteiger charge is -2.33. The van der Waals surface area contributed by atoms with E-state index in [2.05, 4.69) is 53.0 Å². The molecule has 3 fully saturated rings. The molecule has 0 radical (unpaired) electrons. The minimum atomic E-state index is 0.537. The average Bonchev–Trinajstić information content (AvgIpc) is 3.02. The van der Waals surface area contributed by atoms with Crippen LogP contribution in [0.1, 0.15) is 42.7 Å². The van der Waals surface area contributed by atoms with Crippen molar-refractivity contribution in [2.24, 2.45) is 0 Å². The minimum absolute atomic E-state index is 0.537. The molecule has 24 heavy (non-hydrogen) atoms. The van der Waals surface area contributed by atoms with Crippen LogP contribution in [0.25, 0.3) is 0 Å². The number of hydrogen-bond donors (Lipinski definition) is 0. The molecule has 2 bridgehead atoms. The molecule has 1 aliphatic carbocycles. The van der Waals surface area contributed by atoms with Gasteiger partial charge in [-0.25, -0.2) is 0 Å². The third-order valence-corrected chi connectivity index (χ3v) is 5.84. The second kappa shape index (κ2) is 5.89. The number of likely N-dealkylation sites (tertiary alicyclic amines) is 2. The van der Waals surface area contributed by atoms with Crippen LogP contribution in [-0.4, -0.2) is 50.2 Å². The number of piperazine rings is 1. The Morgan fingerprint density at radius 1 is 1.08 bits per heavy atom. The SMILES string of the molecule is Brc1ccc(CN2CC3CC2CN3Cc2nnc(C3CC3)o2)nc1. The fourth-order valence-electron chi connectivity index (χ4n) is 3.93. The van der Waals surface area contributed by atoms with Gasteiger partial charge in [-0.15, -0.1) is 10.2 Å². The first-order chi connectivity index (χ1) is 11.7. The van der Waals surface area contributed by atoms with Crippen molar-refractivity contribution in [1.29, 1.82) is 0 Å². The van der Waals surface area contributed by atoms with Gasteiger partial charge in [-0.05, 0) is 47.3 Å². The van der Waals surface area contributed by atoms with Crippen molar-refractivity contribution in [2.45, 2.75) is 50.4 Å². The zero-order valence-corrected chi connectivity index (χ0v) is 15.0. The first kappa shape index (κ1) is 15.0. The zero-order chi connectivity index (χ0) is 16.1. The summed E-state index contributed by atoms with van der Waals surface area (Å²) < 4.78 is 6.85. The Morgan fingerprint density at radius 2 is 1.88 bits per heavy atom. The first-order valence-corrected chi connectivity index (χ1v) is 9.45. The van der Waals surface area contributed by atoms with Crippen LogP contribution in [0.4, 0.5) is 0 Å². The summed E-state index contributed by atoms with van der Waals surface area (Å²) in [5, 5.41) is 8.43. The Bertz CT molecular complexity index is 729. The van der Waals surface area contributed by atoms with Gasteiger partial charge in [-0.3, -0.25) is 14.8 Å². The monoisotopic (exact) mass is 389 g/mol. The first-order valence-electron chi connectivity index (χ1n) is 8.65. The molecule has 3 aliphatic rings. The summed E-state index contributed by atoms with van der Waals surface area (Å²) in [5.41, 5.74) is 1.14. The third-order valence-electron chi connectivity index (χ3n) is 5.37. The van der Waals surface area contributed by atoms with Crippen LogP contribution in [0.2, 0.25) is 0 Å². The van der Waals surface area contributed by atoms with E-state index in [0.29, 0.717) is 18.0 Å². The number of nitrogens with zero attached hydrogens (tertiary/aromatic N) is 5. The summed E-state index contributed by atoms with van der Waals surface area (Å²) in [6.07, 6.45) is 5.52. The maximum Gasteiger partial charge on any atom is 0.230 e. The van der Waals surface area contributed by atoms with Gasteiger partial charge in [0.05, 0.1) is 12.2 Å². The molecule has 4 heterocycles. The fourth-order valence-corrected chi connectivity index (χ4v) is 4.16. The van der Waals surface area contributed by atoms with Crippen molar-refractivity contribution < 1.29 is 4.42 Å². The van der Waals surface area contributed by atoms with Gasteiger partial charge in [-0.1, -0.05) is 0 Å². The quantitative estimate of drug-likeness (QED) is 0.782. The van der Waals surface area contributed by atoms with Crippen molar-refractivity contribution in [3.63, 3.8) is 0 Å². The maximum atomic E-state index is 5.82. The van der Waals surface area contributed by atoms with Crippen LogP contribution in [0.15, 0.2) is 27.2 Å². The number of hydrogen-bond acceptors (Lipinski definition) is 6. The molecule has 1 saturated carbocycles. The summed E-state index contributed by atoms with van der Waals surface area (Å²) in [4.78, 5) is 9.56. The second-order valence-electron chi connectivity index (χ2n) is 7.18. The Balaban J connectivity index is 1.19. The molecule has 0 N–H and O–H groups in total. The molecule has 2 aliphatic heterocycles. The predicted molar refractivity (Wildman–Crippen MR) is 91.2 cm³/mol. The smallest absolute Gasteiger partial charge is 0.230 e. The van der Waals surface area contributed by atoms with Crippen LogP contribution in [0, 0.1) is 0 Å². The molecule has 2 unspecified atom stereocenters. The van der Waals surface area contributed by atoms with E-state index in [1.54, 1.807) is 0 Å². The fraction of sp³-hybridized carbons (Fsp3) is 0.588. The van der Waals surface area contributed by atoms with Crippen molar-refractivity contribution in [3.05, 3.63) is 40.3 Å². The van der Waals surface area contributed by atoms with Gasteiger partial charge in [0.2, 0.25) is 11.8 Å². The molecular weight excluding hydrogens is 370 g/mol. The topological polar surface area (TPSA) is 58.3 Å². The van der Waals surface area contributed by atoms with E-state index in [-0.39, 0.29) is 0 Å². The summed E-state index contributed by atoms with van der Waals surface area (Å²) in [7, 11) is 0. The van der Waals surface area contributed by atoms with E-state index in [9.17, 15) is 0 Å². The van der Waals surface area contributed by atoms with Crippen LogP contribution in [0.3, 0.4) is 0 Å². The average molecular weight is 390 g/mol. The van der Waals surface area contributed by atoms with Gasteiger partial charge in [0, 0.05) is 48.3 Å². The summed E-state index contributed by atoms with van der Waals surface area (Å²) in [6.45, 7) is 3.92. The molecule has 5 rings (SSSR count). The second-order valence-corrected chi connectivity index (χ2v) is 8.09. The summed E-state index contributed by atoms with van der Waals surface area (Å²) >= 11 is 3.44. The number of fused-ring (bicyclic) bond motifs is 2. The molecule has 0 spiro atoms. The Kier molecular flexibility index (Phi) is 3.68. The van der Waals surface area contributed by atoms with Crippen molar-refractivity contribution in [1.82, 2.24) is 25.0 Å². The lowest BCUT2D eigenvalue weighted by Crippen LogP contribution is -2.45. The highest BCUT2D eigenvalue weighted by Crippen LogP contribution is 2.39. The van der Waals surface area contributed by atoms with Crippen molar-refractivity contribution in [3.8, 4) is 0 Å². The van der Waals surface area contributed by atoms with E-state index >= 15 is 0 Å². The van der Waals surface area contributed by atoms with E-state index < -0.39 is 0 Å². The van der Waals surface area contributed by atoms with Gasteiger partial charge in [0.25, 0.3) is 0 Å². The van der Waals surface area contributed by atoms with Gasteiger partial charge >= 0.3 is 0 Å². The Morgan fingerprint density at radius 3 is 2.54 bits per heavy atom. The van der Waals surface area contributed by atoms with Crippen molar-refractivity contribution in [2.75, 3.05) is 13.1 Å². The van der Waals surface area contributed by atoms with Gasteiger partial charge in [0.15, 0.2) is 0 Å². The number of rotatable bonds is 5. The molecule has 7 heteroatoms. The number of halogens is 1. The predicted octanol–water partition coefficient (Wildman–Crippen LogP) is 2.56. The number of aromatic nitrogens is 3. The van der Waals surface area contributed by atoms with Gasteiger partial charge in [0.1, 0.15) is 0 Å². The summed E-state index contributed by atoms with van der Waals surface area (Å²) in [5.74, 6) is 2.16. The Labute approximate surface area is 149 Å². The largest absolute Gasteiger partial charge is 0.424 e. The molecule has 6 nitrogen and oxygen atoms in total. The van der Waals surface area contributed by atoms with E-state index in [0.717, 1.165) is 48.1 Å². The number of pyridine rings is 1. The van der Waals surface area contributed by atoms with Crippen molar-refractivity contribution >= 4 is 15.9 Å². The highest BCUT2D eigenvalue weighted by molar-refractivity contribution is 9.10. The molecule has 2 aromatic heterocycles. The molecule has 126 valence electrons. The summed E-state index contributed by atoms with van der Waals surface area (Å²) in [6, 6.07) is 5.38. The maximum absolute atomic E-state index is 5.82. The molecule has 2 atom stereocenters. The minimum Gasteiger partial charge on any atom is -0.424 e. The van der Waals surface area contributed by atoms with Crippen LogP contribution in [-0.2, 0) is 13.1 Å². The lowest BCUT2D eigenvalue weighted by molar-refractivity contribution is 0.109. The highest BCUT2D eigenvalue weighted by Gasteiger charge is 2.43. The molecule has 0 aromatic carbocycles. The standard InChI is InChI=1S/C17H20BrN5O/c18-12-3-4-13(19-6-12)7-22-8-15-5-14(22)9-23(15)10-16-20-21-17(24-16)11-1-2-11/h3-4,6,11,14-15H,1-2,5,7-10H2. The normalized spacial score (nSPS) is 27.2. The van der Waals surface area contributed by atoms with Gasteiger partial charge < -0.3 is 4.42 Å². The van der Waals surface area contributed by atoms with Crippen LogP contribution in [0.5, 0.6) is 0 Å². The molecule has 0 amide bonds. The van der Waals surface area contributed by atoms with E-state index in [4.69, 9.17) is 4.42 Å². The van der Waals surface area contributed by atoms with Crippen LogP contribution >= 0.6 is 15.9 Å². The third kappa shape index (κ3) is 2.89. The molecular formula is C17H20BrN5O. The van der Waals surface area contributed by atoms with Gasteiger partial charge in [-0.2, -0.15) is 0 Å². The lowest BCUT2D eigenvalue weighted by atomic mass is 10.2. The van der Waals surface area contributed by atoms with E-state index in [1.807, 2.05) is 6.20 Å². The molecule has 2 aromatic rings. The Hall–Kier alpha value is -1.31. The molecule has 2 saturated heterocycles. The van der Waals surface area contributed by atoms with Crippen LogP contribution < -0.4 is 0 Å².